The van der Waals surface area contributed by atoms with E-state index in [-0.39, 0.29) is 10.4 Å². The third-order valence-corrected chi connectivity index (χ3v) is 4.44. The Balaban J connectivity index is 2.00. The lowest BCUT2D eigenvalue weighted by Crippen LogP contribution is -2.30. The lowest BCUT2D eigenvalue weighted by molar-refractivity contribution is 0.475. The number of nitrogens with one attached hydrogen (secondary N) is 2. The first-order valence-electron chi connectivity index (χ1n) is 5.07. The van der Waals surface area contributed by atoms with Gasteiger partial charge in [0.2, 0.25) is 0 Å². The fraction of sp³-hybridized carbons (Fsp3) is 0.667. The molecule has 1 aromatic heterocycles. The van der Waals surface area contributed by atoms with Crippen molar-refractivity contribution in [2.24, 2.45) is 5.41 Å². The maximum Gasteiger partial charge on any atom is 0.257 e. The van der Waals surface area contributed by atoms with E-state index in [1.807, 2.05) is 0 Å². The topological polar surface area (TPSA) is 74.8 Å². The van der Waals surface area contributed by atoms with Crippen molar-refractivity contribution in [1.29, 1.82) is 0 Å². The summed E-state index contributed by atoms with van der Waals surface area (Å²) in [5.41, 5.74) is 0.215. The third kappa shape index (κ3) is 2.21. The van der Waals surface area contributed by atoms with Gasteiger partial charge in [-0.15, -0.1) is 0 Å². The molecule has 1 saturated carbocycles. The minimum atomic E-state index is -3.39. The van der Waals surface area contributed by atoms with Crippen LogP contribution in [0.5, 0.6) is 0 Å². The van der Waals surface area contributed by atoms with Gasteiger partial charge in [-0.25, -0.2) is 13.1 Å². The second-order valence-corrected chi connectivity index (χ2v) is 5.83. The predicted molar refractivity (Wildman–Crippen MR) is 55.7 cm³/mol. The molecule has 0 spiro atoms. The number of nitrogens with zero attached hydrogens (tertiary/aromatic N) is 1. The zero-order chi connectivity index (χ0) is 10.9. The van der Waals surface area contributed by atoms with E-state index in [0.717, 1.165) is 19.3 Å². The Morgan fingerprint density at radius 1 is 1.60 bits per heavy atom. The highest BCUT2D eigenvalue weighted by atomic mass is 32.2. The summed E-state index contributed by atoms with van der Waals surface area (Å²) in [6.07, 6.45) is 4.70. The molecule has 1 aliphatic rings. The van der Waals surface area contributed by atoms with Crippen LogP contribution in [0.2, 0.25) is 0 Å². The predicted octanol–water partition coefficient (Wildman–Crippen LogP) is 0.878. The van der Waals surface area contributed by atoms with Gasteiger partial charge in [-0.3, -0.25) is 5.10 Å². The number of hydrogen-bond acceptors (Lipinski definition) is 3. The third-order valence-electron chi connectivity index (χ3n) is 3.11. The van der Waals surface area contributed by atoms with Gasteiger partial charge in [-0.2, -0.15) is 5.10 Å². The van der Waals surface area contributed by atoms with Crippen molar-refractivity contribution in [2.45, 2.75) is 31.2 Å². The van der Waals surface area contributed by atoms with Crippen LogP contribution in [-0.2, 0) is 10.0 Å². The highest BCUT2D eigenvalue weighted by Gasteiger charge is 2.41. The Labute approximate surface area is 89.3 Å². The number of H-pyrrole nitrogens is 1. The van der Waals surface area contributed by atoms with Crippen LogP contribution in [0.1, 0.15) is 26.2 Å². The zero-order valence-electron chi connectivity index (χ0n) is 8.66. The van der Waals surface area contributed by atoms with Crippen molar-refractivity contribution in [3.8, 4) is 0 Å². The van der Waals surface area contributed by atoms with E-state index in [4.69, 9.17) is 0 Å². The first kappa shape index (κ1) is 10.6. The molecule has 2 rings (SSSR count). The summed E-state index contributed by atoms with van der Waals surface area (Å²) in [5, 5.41) is 6.21. The van der Waals surface area contributed by atoms with Gasteiger partial charge >= 0.3 is 0 Å². The Morgan fingerprint density at radius 3 is 2.80 bits per heavy atom. The molecule has 0 saturated heterocycles. The molecule has 0 bridgehead atoms. The first-order chi connectivity index (χ1) is 7.08. The largest absolute Gasteiger partial charge is 0.266 e. The van der Waals surface area contributed by atoms with Crippen LogP contribution in [0.3, 0.4) is 0 Å². The first-order valence-corrected chi connectivity index (χ1v) is 6.55. The highest BCUT2D eigenvalue weighted by molar-refractivity contribution is 7.89. The summed E-state index contributed by atoms with van der Waals surface area (Å²) >= 11 is 0. The lowest BCUT2D eigenvalue weighted by Gasteiger charge is -2.12. The average molecular weight is 229 g/mol. The standard InChI is InChI=1S/C9H15N3O2S/c1-2-9(4-5-9)7-11-15(13,14)8-3-6-10-12-8/h3,6,11H,2,4-5,7H2,1H3,(H,10,12). The van der Waals surface area contributed by atoms with Crippen LogP contribution in [0.15, 0.2) is 17.3 Å². The van der Waals surface area contributed by atoms with Crippen LogP contribution in [0.25, 0.3) is 0 Å². The zero-order valence-corrected chi connectivity index (χ0v) is 9.47. The molecule has 6 heteroatoms. The smallest absolute Gasteiger partial charge is 0.257 e. The maximum atomic E-state index is 11.7. The van der Waals surface area contributed by atoms with E-state index in [0.29, 0.717) is 6.54 Å². The molecule has 0 unspecified atom stereocenters. The van der Waals surface area contributed by atoms with Crippen molar-refractivity contribution >= 4 is 10.0 Å². The van der Waals surface area contributed by atoms with Gasteiger partial charge in [0.1, 0.15) is 0 Å². The van der Waals surface area contributed by atoms with Gasteiger partial charge in [0.15, 0.2) is 5.03 Å². The van der Waals surface area contributed by atoms with E-state index in [1.165, 1.54) is 12.3 Å². The molecule has 5 nitrogen and oxygen atoms in total. The quantitative estimate of drug-likeness (QED) is 0.787. The fourth-order valence-corrected chi connectivity index (χ4v) is 2.62. The Kier molecular flexibility index (Phi) is 2.56. The summed E-state index contributed by atoms with van der Waals surface area (Å²) < 4.78 is 26.0. The average Bonchev–Trinajstić information content (AvgIpc) is 2.77. The van der Waals surface area contributed by atoms with Crippen LogP contribution >= 0.6 is 0 Å². The minimum absolute atomic E-state index is 0.134. The number of aromatic amines is 1. The van der Waals surface area contributed by atoms with Gasteiger partial charge in [0.05, 0.1) is 6.20 Å². The van der Waals surface area contributed by atoms with Crippen LogP contribution < -0.4 is 4.72 Å². The van der Waals surface area contributed by atoms with E-state index >= 15 is 0 Å². The molecular formula is C9H15N3O2S. The number of rotatable bonds is 5. The van der Waals surface area contributed by atoms with Gasteiger partial charge in [0, 0.05) is 6.54 Å². The second-order valence-electron chi connectivity index (χ2n) is 4.10. The van der Waals surface area contributed by atoms with E-state index in [1.54, 1.807) is 0 Å². The molecule has 1 fully saturated rings. The monoisotopic (exact) mass is 229 g/mol. The Bertz CT molecular complexity index is 420. The van der Waals surface area contributed by atoms with E-state index < -0.39 is 10.0 Å². The van der Waals surface area contributed by atoms with Crippen molar-refractivity contribution in [3.05, 3.63) is 12.3 Å². The minimum Gasteiger partial charge on any atom is -0.266 e. The van der Waals surface area contributed by atoms with Gasteiger partial charge in [-0.05, 0) is 30.7 Å². The lowest BCUT2D eigenvalue weighted by atomic mass is 10.1. The maximum absolute atomic E-state index is 11.7. The molecular weight excluding hydrogens is 214 g/mol. The number of hydrogen-bond donors (Lipinski definition) is 2. The highest BCUT2D eigenvalue weighted by Crippen LogP contribution is 2.48. The van der Waals surface area contributed by atoms with Crippen LogP contribution in [0.4, 0.5) is 0 Å². The molecule has 1 heterocycles. The second kappa shape index (κ2) is 3.61. The number of sulfonamides is 1. The van der Waals surface area contributed by atoms with E-state index in [2.05, 4.69) is 21.8 Å². The summed E-state index contributed by atoms with van der Waals surface area (Å²) in [6.45, 7) is 2.63. The van der Waals surface area contributed by atoms with Gasteiger partial charge < -0.3 is 0 Å². The fourth-order valence-electron chi connectivity index (χ4n) is 1.55. The van der Waals surface area contributed by atoms with Crippen molar-refractivity contribution < 1.29 is 8.42 Å². The van der Waals surface area contributed by atoms with Crippen molar-refractivity contribution in [2.75, 3.05) is 6.54 Å². The van der Waals surface area contributed by atoms with Crippen LogP contribution in [0, 0.1) is 5.41 Å². The Morgan fingerprint density at radius 2 is 2.33 bits per heavy atom. The molecule has 84 valence electrons. The van der Waals surface area contributed by atoms with Crippen LogP contribution in [-0.4, -0.2) is 25.2 Å². The van der Waals surface area contributed by atoms with Gasteiger partial charge in [0.25, 0.3) is 10.0 Å². The van der Waals surface area contributed by atoms with E-state index in [9.17, 15) is 8.42 Å². The summed E-state index contributed by atoms with van der Waals surface area (Å²) in [6, 6.07) is 1.45. The molecule has 0 amide bonds. The summed E-state index contributed by atoms with van der Waals surface area (Å²) in [7, 11) is -3.39. The molecule has 2 N–H and O–H groups in total. The SMILES string of the molecule is CCC1(CNS(=O)(=O)c2ccn[nH]2)CC1. The molecule has 0 atom stereocenters. The van der Waals surface area contributed by atoms with Crippen molar-refractivity contribution in [1.82, 2.24) is 14.9 Å². The molecule has 0 aromatic carbocycles. The normalized spacial score (nSPS) is 19.0. The van der Waals surface area contributed by atoms with Crippen molar-refractivity contribution in [3.63, 3.8) is 0 Å². The molecule has 0 aliphatic heterocycles. The molecule has 15 heavy (non-hydrogen) atoms. The number of aromatic nitrogens is 2. The molecule has 0 radical (unpaired) electrons. The molecule has 1 aromatic rings. The molecule has 1 aliphatic carbocycles. The van der Waals surface area contributed by atoms with Gasteiger partial charge in [-0.1, -0.05) is 6.92 Å². The Hall–Kier alpha value is -0.880. The summed E-state index contributed by atoms with van der Waals surface area (Å²) in [4.78, 5) is 0. The summed E-state index contributed by atoms with van der Waals surface area (Å²) in [5.74, 6) is 0.